The lowest BCUT2D eigenvalue weighted by Gasteiger charge is -2.21. The zero-order valence-corrected chi connectivity index (χ0v) is 19.8. The predicted molar refractivity (Wildman–Crippen MR) is 134 cm³/mol. The van der Waals surface area contributed by atoms with E-state index in [4.69, 9.17) is 15.0 Å². The number of nitrogens with zero attached hydrogens (tertiary/aromatic N) is 3. The second-order valence-corrected chi connectivity index (χ2v) is 9.78. The van der Waals surface area contributed by atoms with Gasteiger partial charge in [0.25, 0.3) is 0 Å². The summed E-state index contributed by atoms with van der Waals surface area (Å²) in [6.45, 7) is 3.75. The van der Waals surface area contributed by atoms with Gasteiger partial charge < -0.3 is 26.0 Å². The van der Waals surface area contributed by atoms with Crippen LogP contribution in [0.2, 0.25) is 0 Å². The molecule has 2 aromatic carbocycles. The molecule has 0 aliphatic heterocycles. The minimum atomic E-state index is -1.02. The number of aryl methyl sites for hydroxylation is 2. The van der Waals surface area contributed by atoms with E-state index in [-0.39, 0.29) is 6.61 Å². The van der Waals surface area contributed by atoms with Crippen LogP contribution in [0.15, 0.2) is 48.5 Å². The Bertz CT molecular complexity index is 1280. The summed E-state index contributed by atoms with van der Waals surface area (Å²) in [5.41, 5.74) is 4.40. The van der Waals surface area contributed by atoms with Crippen molar-refractivity contribution in [1.29, 1.82) is 0 Å². The fourth-order valence-electron chi connectivity index (χ4n) is 4.36. The highest BCUT2D eigenvalue weighted by Crippen LogP contribution is 2.38. The second kappa shape index (κ2) is 9.27. The number of aromatic nitrogens is 3. The SMILES string of the molecule is Cc1ccc(Nc2nc(C)c(-c3nc4ccccc4s3)c(N[C@@H]3C[C@H](CO)[C@@H](O)[C@H]3O)n2)cc1. The van der Waals surface area contributed by atoms with E-state index in [0.717, 1.165) is 37.7 Å². The summed E-state index contributed by atoms with van der Waals surface area (Å²) in [6.07, 6.45) is -1.60. The summed E-state index contributed by atoms with van der Waals surface area (Å²) in [5, 5.41) is 37.8. The van der Waals surface area contributed by atoms with Crippen molar-refractivity contribution in [3.05, 3.63) is 59.8 Å². The lowest BCUT2D eigenvalue weighted by Crippen LogP contribution is -2.35. The minimum Gasteiger partial charge on any atom is -0.396 e. The molecule has 5 rings (SSSR count). The molecular weight excluding hydrogens is 450 g/mol. The molecule has 2 heterocycles. The Morgan fingerprint density at radius 1 is 0.971 bits per heavy atom. The molecule has 1 aliphatic rings. The van der Waals surface area contributed by atoms with Gasteiger partial charge in [0.2, 0.25) is 5.95 Å². The van der Waals surface area contributed by atoms with Gasteiger partial charge in [-0.2, -0.15) is 4.98 Å². The van der Waals surface area contributed by atoms with Crippen molar-refractivity contribution in [2.75, 3.05) is 17.2 Å². The number of rotatable bonds is 6. The Labute approximate surface area is 201 Å². The lowest BCUT2D eigenvalue weighted by molar-refractivity contribution is 0.00446. The topological polar surface area (TPSA) is 123 Å². The number of thiazole rings is 1. The Kier molecular flexibility index (Phi) is 6.18. The molecule has 176 valence electrons. The van der Waals surface area contributed by atoms with Crippen LogP contribution in [0.5, 0.6) is 0 Å². The van der Waals surface area contributed by atoms with Gasteiger partial charge in [0, 0.05) is 18.2 Å². The zero-order valence-electron chi connectivity index (χ0n) is 18.9. The van der Waals surface area contributed by atoms with Crippen molar-refractivity contribution in [3.63, 3.8) is 0 Å². The van der Waals surface area contributed by atoms with Crippen LogP contribution in [0.25, 0.3) is 20.8 Å². The van der Waals surface area contributed by atoms with Crippen LogP contribution >= 0.6 is 11.3 Å². The Balaban J connectivity index is 1.56. The summed E-state index contributed by atoms with van der Waals surface area (Å²) in [7, 11) is 0. The highest BCUT2D eigenvalue weighted by Gasteiger charge is 2.41. The fourth-order valence-corrected chi connectivity index (χ4v) is 5.42. The molecule has 34 heavy (non-hydrogen) atoms. The average molecular weight is 478 g/mol. The number of benzene rings is 2. The van der Waals surface area contributed by atoms with Gasteiger partial charge in [0.05, 0.1) is 33.6 Å². The molecule has 0 amide bonds. The molecule has 0 radical (unpaired) electrons. The van der Waals surface area contributed by atoms with Crippen LogP contribution in [-0.2, 0) is 0 Å². The Morgan fingerprint density at radius 3 is 2.44 bits per heavy atom. The molecule has 0 saturated heterocycles. The van der Waals surface area contributed by atoms with Crippen molar-refractivity contribution in [2.24, 2.45) is 5.92 Å². The van der Waals surface area contributed by atoms with Gasteiger partial charge in [-0.05, 0) is 44.5 Å². The monoisotopic (exact) mass is 477 g/mol. The first-order chi connectivity index (χ1) is 16.4. The average Bonchev–Trinajstić information content (AvgIpc) is 3.36. The van der Waals surface area contributed by atoms with Crippen molar-refractivity contribution in [2.45, 2.75) is 38.5 Å². The summed E-state index contributed by atoms with van der Waals surface area (Å²) in [4.78, 5) is 14.2. The molecule has 8 nitrogen and oxygen atoms in total. The molecule has 5 N–H and O–H groups in total. The van der Waals surface area contributed by atoms with Gasteiger partial charge in [0.15, 0.2) is 0 Å². The maximum Gasteiger partial charge on any atom is 0.229 e. The van der Waals surface area contributed by atoms with Crippen LogP contribution in [0, 0.1) is 19.8 Å². The molecule has 9 heteroatoms. The summed E-state index contributed by atoms with van der Waals surface area (Å²) < 4.78 is 1.06. The maximum atomic E-state index is 10.6. The first-order valence-corrected chi connectivity index (χ1v) is 12.1. The summed E-state index contributed by atoms with van der Waals surface area (Å²) in [6, 6.07) is 15.4. The van der Waals surface area contributed by atoms with Crippen molar-refractivity contribution in [3.8, 4) is 10.6 Å². The van der Waals surface area contributed by atoms with Crippen molar-refractivity contribution in [1.82, 2.24) is 15.0 Å². The van der Waals surface area contributed by atoms with E-state index < -0.39 is 24.2 Å². The minimum absolute atomic E-state index is 0.190. The molecule has 4 atom stereocenters. The third-order valence-corrected chi connectivity index (χ3v) is 7.32. The number of fused-ring (bicyclic) bond motifs is 1. The molecule has 4 aromatic rings. The number of aliphatic hydroxyl groups excluding tert-OH is 3. The van der Waals surface area contributed by atoms with Crippen LogP contribution in [-0.4, -0.2) is 55.1 Å². The highest BCUT2D eigenvalue weighted by atomic mass is 32.1. The van der Waals surface area contributed by atoms with Gasteiger partial charge in [-0.1, -0.05) is 29.8 Å². The molecule has 2 aromatic heterocycles. The van der Waals surface area contributed by atoms with Crippen molar-refractivity contribution < 1.29 is 15.3 Å². The first-order valence-electron chi connectivity index (χ1n) is 11.2. The lowest BCUT2D eigenvalue weighted by atomic mass is 10.1. The molecule has 0 bridgehead atoms. The zero-order chi connectivity index (χ0) is 23.8. The van der Waals surface area contributed by atoms with Crippen molar-refractivity contribution >= 4 is 39.0 Å². The summed E-state index contributed by atoms with van der Waals surface area (Å²) >= 11 is 1.55. The van der Waals surface area contributed by atoms with Crippen LogP contribution in [0.1, 0.15) is 17.7 Å². The highest BCUT2D eigenvalue weighted by molar-refractivity contribution is 7.21. The molecule has 1 aliphatic carbocycles. The largest absolute Gasteiger partial charge is 0.396 e. The number of hydrogen-bond acceptors (Lipinski definition) is 9. The van der Waals surface area contributed by atoms with Crippen LogP contribution < -0.4 is 10.6 Å². The van der Waals surface area contributed by atoms with E-state index >= 15 is 0 Å². The molecule has 1 fully saturated rings. The number of anilines is 3. The number of aliphatic hydroxyl groups is 3. The third kappa shape index (κ3) is 4.35. The van der Waals surface area contributed by atoms with E-state index in [2.05, 4.69) is 10.6 Å². The molecular formula is C25H27N5O3S. The van der Waals surface area contributed by atoms with Gasteiger partial charge >= 0.3 is 0 Å². The number of para-hydroxylation sites is 1. The van der Waals surface area contributed by atoms with E-state index in [1.807, 2.05) is 62.4 Å². The third-order valence-electron chi connectivity index (χ3n) is 6.26. The van der Waals surface area contributed by atoms with E-state index in [0.29, 0.717) is 18.2 Å². The van der Waals surface area contributed by atoms with Gasteiger partial charge in [0.1, 0.15) is 16.9 Å². The van der Waals surface area contributed by atoms with Gasteiger partial charge in [-0.25, -0.2) is 9.97 Å². The van der Waals surface area contributed by atoms with Crippen LogP contribution in [0.3, 0.4) is 0 Å². The summed E-state index contributed by atoms with van der Waals surface area (Å²) in [5.74, 6) is 0.544. The Hall–Kier alpha value is -3.11. The quantitative estimate of drug-likeness (QED) is 0.285. The normalized spacial score (nSPS) is 22.3. The fraction of sp³-hybridized carbons (Fsp3) is 0.320. The molecule has 1 saturated carbocycles. The molecule has 0 unspecified atom stereocenters. The number of nitrogens with one attached hydrogen (secondary N) is 2. The van der Waals surface area contributed by atoms with E-state index in [1.54, 1.807) is 11.3 Å². The maximum absolute atomic E-state index is 10.6. The van der Waals surface area contributed by atoms with Gasteiger partial charge in [-0.15, -0.1) is 11.3 Å². The standard InChI is InChI=1S/C25H27N5O3S/c1-13-7-9-16(10-8-13)27-25-26-14(2)20(24-29-17-5-3-4-6-19(17)34-24)23(30-25)28-18-11-15(12-31)21(32)22(18)33/h3-10,15,18,21-22,31-33H,11-12H2,1-2H3,(H2,26,27,28,30)/t15-,18-,21-,22+/m1/s1. The van der Waals surface area contributed by atoms with Gasteiger partial charge in [-0.3, -0.25) is 0 Å². The first kappa shape index (κ1) is 22.7. The second-order valence-electron chi connectivity index (χ2n) is 8.74. The number of hydrogen-bond donors (Lipinski definition) is 5. The van der Waals surface area contributed by atoms with Crippen LogP contribution in [0.4, 0.5) is 17.5 Å². The van der Waals surface area contributed by atoms with E-state index in [9.17, 15) is 15.3 Å². The van der Waals surface area contributed by atoms with E-state index in [1.165, 1.54) is 0 Å². The smallest absolute Gasteiger partial charge is 0.229 e. The molecule has 0 spiro atoms. The predicted octanol–water partition coefficient (Wildman–Crippen LogP) is 3.63. The Morgan fingerprint density at radius 2 is 1.74 bits per heavy atom.